The zero-order valence-electron chi connectivity index (χ0n) is 24.8. The first-order chi connectivity index (χ1) is 21.0. The van der Waals surface area contributed by atoms with Crippen molar-refractivity contribution < 1.29 is 14.4 Å². The van der Waals surface area contributed by atoms with Gasteiger partial charge in [0, 0.05) is 49.6 Å². The molecule has 2 aromatic heterocycles. The first-order valence-electron chi connectivity index (χ1n) is 15.5. The standard InChI is InChI=1S/C34H39N5O3S/c1-2-38(32(41)22-24-10-6-7-11-24)26-15-16-28-27(23-26)35-34(39(28)21-9-20-37-19-8-14-31(37)40)36-33(42)30-18-17-29(43-30)25-12-4-3-5-13-25/h3-5,12-13,15-18,23-24H,2,6-11,14,19-22H2,1H3,(H,35,36,42). The van der Waals surface area contributed by atoms with E-state index in [0.29, 0.717) is 49.2 Å². The average molecular weight is 598 g/mol. The van der Waals surface area contributed by atoms with Crippen molar-refractivity contribution in [2.24, 2.45) is 5.92 Å². The molecule has 1 aliphatic heterocycles. The van der Waals surface area contributed by atoms with Gasteiger partial charge in [-0.25, -0.2) is 4.98 Å². The molecule has 0 bridgehead atoms. The lowest BCUT2D eigenvalue weighted by atomic mass is 10.0. The fourth-order valence-corrected chi connectivity index (χ4v) is 7.33. The van der Waals surface area contributed by atoms with Crippen molar-refractivity contribution in [3.05, 3.63) is 65.5 Å². The summed E-state index contributed by atoms with van der Waals surface area (Å²) in [5.74, 6) is 1.11. The van der Waals surface area contributed by atoms with Gasteiger partial charge in [-0.15, -0.1) is 11.3 Å². The Morgan fingerprint density at radius 2 is 1.84 bits per heavy atom. The Hall–Kier alpha value is -3.98. The number of hydrogen-bond donors (Lipinski definition) is 1. The minimum Gasteiger partial charge on any atom is -0.343 e. The normalized spacial score (nSPS) is 15.5. The van der Waals surface area contributed by atoms with Crippen molar-refractivity contribution >= 4 is 51.7 Å². The van der Waals surface area contributed by atoms with Crippen molar-refractivity contribution in [2.75, 3.05) is 29.9 Å². The number of amides is 3. The largest absolute Gasteiger partial charge is 0.343 e. The first kappa shape index (κ1) is 29.1. The third-order valence-electron chi connectivity index (χ3n) is 8.69. The van der Waals surface area contributed by atoms with E-state index in [1.54, 1.807) is 0 Å². The summed E-state index contributed by atoms with van der Waals surface area (Å²) in [5, 5.41) is 3.06. The van der Waals surface area contributed by atoms with Crippen LogP contribution in [-0.4, -0.2) is 51.8 Å². The Bertz CT molecular complexity index is 1600. The highest BCUT2D eigenvalue weighted by Gasteiger charge is 2.24. The number of nitrogens with one attached hydrogen (secondary N) is 1. The number of anilines is 2. The lowest BCUT2D eigenvalue weighted by Crippen LogP contribution is -2.31. The van der Waals surface area contributed by atoms with E-state index in [2.05, 4.69) is 5.32 Å². The van der Waals surface area contributed by atoms with Crippen molar-refractivity contribution in [3.63, 3.8) is 0 Å². The molecule has 9 heteroatoms. The molecule has 43 heavy (non-hydrogen) atoms. The molecule has 0 spiro atoms. The summed E-state index contributed by atoms with van der Waals surface area (Å²) in [6.07, 6.45) is 7.57. The van der Waals surface area contributed by atoms with Crippen LogP contribution in [0.25, 0.3) is 21.5 Å². The number of thiophene rings is 1. The number of aromatic nitrogens is 2. The van der Waals surface area contributed by atoms with Crippen LogP contribution in [0.15, 0.2) is 60.7 Å². The Morgan fingerprint density at radius 3 is 2.58 bits per heavy atom. The first-order valence-corrected chi connectivity index (χ1v) is 16.4. The lowest BCUT2D eigenvalue weighted by molar-refractivity contribution is -0.127. The second-order valence-corrected chi connectivity index (χ2v) is 12.7. The summed E-state index contributed by atoms with van der Waals surface area (Å²) in [7, 11) is 0. The SMILES string of the molecule is CCN(C(=O)CC1CCCC1)c1ccc2c(c1)nc(NC(=O)c1ccc(-c3ccccc3)s1)n2CCCN1CCCC1=O. The summed E-state index contributed by atoms with van der Waals surface area (Å²) in [6.45, 7) is 4.68. The maximum absolute atomic E-state index is 13.4. The second kappa shape index (κ2) is 13.1. The van der Waals surface area contributed by atoms with Gasteiger partial charge in [0.1, 0.15) is 0 Å². The van der Waals surface area contributed by atoms with Gasteiger partial charge in [-0.1, -0.05) is 43.2 Å². The zero-order valence-corrected chi connectivity index (χ0v) is 25.6. The number of hydrogen-bond acceptors (Lipinski definition) is 5. The molecule has 0 atom stereocenters. The fraction of sp³-hybridized carbons (Fsp3) is 0.412. The van der Waals surface area contributed by atoms with E-state index in [1.165, 1.54) is 24.2 Å². The number of imidazole rings is 1. The second-order valence-electron chi connectivity index (χ2n) is 11.6. The number of likely N-dealkylation sites (tertiary alicyclic amines) is 1. The molecule has 3 amide bonds. The lowest BCUT2D eigenvalue weighted by Gasteiger charge is -2.23. The number of carbonyl (C=O) groups excluding carboxylic acids is 3. The molecule has 3 heterocycles. The fourth-order valence-electron chi connectivity index (χ4n) is 6.42. The number of nitrogens with zero attached hydrogens (tertiary/aromatic N) is 4. The van der Waals surface area contributed by atoms with Gasteiger partial charge < -0.3 is 14.4 Å². The minimum atomic E-state index is -0.208. The predicted octanol–water partition coefficient (Wildman–Crippen LogP) is 6.96. The monoisotopic (exact) mass is 597 g/mol. The van der Waals surface area contributed by atoms with Gasteiger partial charge in [-0.05, 0) is 74.4 Å². The minimum absolute atomic E-state index is 0.156. The number of rotatable bonds is 11. The van der Waals surface area contributed by atoms with Crippen LogP contribution in [0.5, 0.6) is 0 Å². The third kappa shape index (κ3) is 6.51. The van der Waals surface area contributed by atoms with Crippen LogP contribution in [0.3, 0.4) is 0 Å². The van der Waals surface area contributed by atoms with Gasteiger partial charge in [0.15, 0.2) is 0 Å². The quantitative estimate of drug-likeness (QED) is 0.202. The zero-order chi connectivity index (χ0) is 29.8. The Labute approximate surface area is 256 Å². The summed E-state index contributed by atoms with van der Waals surface area (Å²) >= 11 is 1.45. The summed E-state index contributed by atoms with van der Waals surface area (Å²) in [6, 6.07) is 19.8. The topological polar surface area (TPSA) is 87.5 Å². The average Bonchev–Trinajstić information content (AvgIpc) is 3.83. The van der Waals surface area contributed by atoms with Crippen LogP contribution >= 0.6 is 11.3 Å². The smallest absolute Gasteiger partial charge is 0.268 e. The summed E-state index contributed by atoms with van der Waals surface area (Å²) in [5.41, 5.74) is 3.52. The van der Waals surface area contributed by atoms with E-state index in [4.69, 9.17) is 4.98 Å². The van der Waals surface area contributed by atoms with Gasteiger partial charge in [0.25, 0.3) is 5.91 Å². The maximum Gasteiger partial charge on any atom is 0.268 e. The molecular weight excluding hydrogens is 558 g/mol. The van der Waals surface area contributed by atoms with Crippen LogP contribution in [0.4, 0.5) is 11.6 Å². The van der Waals surface area contributed by atoms with Crippen LogP contribution in [0, 0.1) is 5.92 Å². The van der Waals surface area contributed by atoms with E-state index < -0.39 is 0 Å². The van der Waals surface area contributed by atoms with Crippen LogP contribution in [0.1, 0.15) is 68.0 Å². The molecule has 8 nitrogen and oxygen atoms in total. The number of carbonyl (C=O) groups is 3. The molecule has 2 fully saturated rings. The van der Waals surface area contributed by atoms with Crippen molar-refractivity contribution in [1.82, 2.24) is 14.5 Å². The highest BCUT2D eigenvalue weighted by atomic mass is 32.1. The highest BCUT2D eigenvalue weighted by Crippen LogP contribution is 2.32. The van der Waals surface area contributed by atoms with Crippen LogP contribution < -0.4 is 10.2 Å². The van der Waals surface area contributed by atoms with E-state index in [1.807, 2.05) is 82.0 Å². The van der Waals surface area contributed by atoms with Gasteiger partial charge in [-0.2, -0.15) is 0 Å². The Kier molecular flexibility index (Phi) is 8.88. The van der Waals surface area contributed by atoms with Crippen LogP contribution in [0.2, 0.25) is 0 Å². The van der Waals surface area contributed by atoms with Crippen molar-refractivity contribution in [1.29, 1.82) is 0 Å². The summed E-state index contributed by atoms with van der Waals surface area (Å²) < 4.78 is 2.03. The predicted molar refractivity (Wildman–Crippen MR) is 172 cm³/mol. The third-order valence-corrected chi connectivity index (χ3v) is 9.83. The Balaban J connectivity index is 1.25. The molecule has 1 saturated heterocycles. The molecule has 224 valence electrons. The van der Waals surface area contributed by atoms with Crippen molar-refractivity contribution in [3.8, 4) is 10.4 Å². The van der Waals surface area contributed by atoms with Gasteiger partial charge >= 0.3 is 0 Å². The van der Waals surface area contributed by atoms with Gasteiger partial charge in [-0.3, -0.25) is 19.7 Å². The number of aryl methyl sites for hydroxylation is 1. The molecule has 0 unspecified atom stereocenters. The molecule has 0 radical (unpaired) electrons. The molecule has 1 aliphatic carbocycles. The van der Waals surface area contributed by atoms with E-state index in [9.17, 15) is 14.4 Å². The number of benzene rings is 2. The van der Waals surface area contributed by atoms with Gasteiger partial charge in [0.05, 0.1) is 15.9 Å². The molecule has 2 aromatic carbocycles. The van der Waals surface area contributed by atoms with E-state index in [-0.39, 0.29) is 17.7 Å². The molecule has 6 rings (SSSR count). The molecule has 1 saturated carbocycles. The number of fused-ring (bicyclic) bond motifs is 1. The highest BCUT2D eigenvalue weighted by molar-refractivity contribution is 7.17. The maximum atomic E-state index is 13.4. The molecule has 1 N–H and O–H groups in total. The van der Waals surface area contributed by atoms with Crippen molar-refractivity contribution in [2.45, 2.75) is 64.8 Å². The Morgan fingerprint density at radius 1 is 1.02 bits per heavy atom. The summed E-state index contributed by atoms with van der Waals surface area (Å²) in [4.78, 5) is 49.1. The van der Waals surface area contributed by atoms with Gasteiger partial charge in [0.2, 0.25) is 17.8 Å². The molecule has 2 aliphatic rings. The van der Waals surface area contributed by atoms with Crippen LogP contribution in [-0.2, 0) is 16.1 Å². The van der Waals surface area contributed by atoms with E-state index >= 15 is 0 Å². The molecular formula is C34H39N5O3S. The molecule has 4 aromatic rings. The van der Waals surface area contributed by atoms with E-state index in [0.717, 1.165) is 59.4 Å².